The van der Waals surface area contributed by atoms with E-state index in [0.717, 1.165) is 23.3 Å². The van der Waals surface area contributed by atoms with Crippen LogP contribution in [0.25, 0.3) is 0 Å². The number of anilines is 1. The van der Waals surface area contributed by atoms with Gasteiger partial charge in [0.2, 0.25) is 5.91 Å². The van der Waals surface area contributed by atoms with Crippen LogP contribution >= 0.6 is 0 Å². The largest absolute Gasteiger partial charge is 0.495 e. The fourth-order valence-corrected chi connectivity index (χ4v) is 4.64. The number of hydrogen-bond acceptors (Lipinski definition) is 2. The smallest absolute Gasteiger partial charge is 0.228 e. The Morgan fingerprint density at radius 1 is 1.21 bits per heavy atom. The molecule has 3 fully saturated rings. The third-order valence-electron chi connectivity index (χ3n) is 5.40. The predicted octanol–water partition coefficient (Wildman–Crippen LogP) is 2.93. The van der Waals surface area contributed by atoms with Gasteiger partial charge in [0.25, 0.3) is 0 Å². The highest BCUT2D eigenvalue weighted by atomic mass is 16.5. The van der Waals surface area contributed by atoms with Crippen LogP contribution < -0.4 is 10.1 Å². The Morgan fingerprint density at radius 2 is 1.89 bits per heavy atom. The molecule has 1 N–H and O–H groups in total. The first kappa shape index (κ1) is 11.3. The number of para-hydroxylation sites is 2. The molecule has 0 aromatic heterocycles. The van der Waals surface area contributed by atoms with Gasteiger partial charge in [0.15, 0.2) is 0 Å². The monoisotopic (exact) mass is 257 g/mol. The fraction of sp³-hybridized carbons (Fsp3) is 0.562. The highest BCUT2D eigenvalue weighted by Crippen LogP contribution is 2.69. The van der Waals surface area contributed by atoms with Gasteiger partial charge >= 0.3 is 0 Å². The number of rotatable bonds is 3. The number of benzene rings is 1. The lowest BCUT2D eigenvalue weighted by atomic mass is 10.0. The number of nitrogens with one attached hydrogen (secondary N) is 1. The molecule has 1 aromatic rings. The molecule has 0 heterocycles. The van der Waals surface area contributed by atoms with Crippen molar-refractivity contribution in [2.75, 3.05) is 12.4 Å². The Bertz CT molecular complexity index is 511. The summed E-state index contributed by atoms with van der Waals surface area (Å²) in [6.45, 7) is 0. The van der Waals surface area contributed by atoms with Crippen LogP contribution in [0.5, 0.6) is 5.75 Å². The second kappa shape index (κ2) is 3.99. The molecule has 0 radical (unpaired) electrons. The van der Waals surface area contributed by atoms with Crippen molar-refractivity contribution in [2.24, 2.45) is 29.6 Å². The lowest BCUT2D eigenvalue weighted by molar-refractivity contribution is -0.118. The van der Waals surface area contributed by atoms with Gasteiger partial charge < -0.3 is 10.1 Å². The van der Waals surface area contributed by atoms with Crippen LogP contribution in [0.3, 0.4) is 0 Å². The van der Waals surface area contributed by atoms with E-state index < -0.39 is 0 Å². The summed E-state index contributed by atoms with van der Waals surface area (Å²) >= 11 is 0. The van der Waals surface area contributed by atoms with Crippen molar-refractivity contribution in [3.63, 3.8) is 0 Å². The van der Waals surface area contributed by atoms with Crippen molar-refractivity contribution in [1.82, 2.24) is 0 Å². The number of carbonyl (C=O) groups excluding carboxylic acids is 1. The fourth-order valence-electron chi connectivity index (χ4n) is 4.64. The van der Waals surface area contributed by atoms with Gasteiger partial charge in [0.1, 0.15) is 5.75 Å². The number of methoxy groups -OCH3 is 1. The van der Waals surface area contributed by atoms with Crippen molar-refractivity contribution >= 4 is 11.6 Å². The summed E-state index contributed by atoms with van der Waals surface area (Å²) in [6, 6.07) is 7.63. The van der Waals surface area contributed by atoms with E-state index in [9.17, 15) is 4.79 Å². The quantitative estimate of drug-likeness (QED) is 0.904. The molecule has 3 saturated carbocycles. The maximum Gasteiger partial charge on any atom is 0.228 e. The highest BCUT2D eigenvalue weighted by Gasteiger charge is 2.67. The van der Waals surface area contributed by atoms with Gasteiger partial charge in [0.05, 0.1) is 12.8 Å². The van der Waals surface area contributed by atoms with E-state index in [2.05, 4.69) is 5.32 Å². The molecule has 1 amide bonds. The van der Waals surface area contributed by atoms with E-state index >= 15 is 0 Å². The number of ether oxygens (including phenoxy) is 1. The van der Waals surface area contributed by atoms with Crippen LogP contribution in [-0.2, 0) is 4.79 Å². The molecule has 0 unspecified atom stereocenters. The lowest BCUT2D eigenvalue weighted by Crippen LogP contribution is -2.18. The molecule has 3 nitrogen and oxygen atoms in total. The third-order valence-corrected chi connectivity index (χ3v) is 5.40. The van der Waals surface area contributed by atoms with Gasteiger partial charge in [-0.05, 0) is 55.1 Å². The van der Waals surface area contributed by atoms with Crippen LogP contribution in [0.4, 0.5) is 5.69 Å². The Labute approximate surface area is 113 Å². The minimum atomic E-state index is 0.205. The standard InChI is InChI=1S/C16H19NO2/c1-19-12-5-3-2-4-11(12)17-16(18)15-13-9-6-7-10(8-9)14(13)15/h2-5,9-10,13-15H,6-8H2,1H3,(H,17,18)/t9-,10-,13+,14+/m1/s1. The van der Waals surface area contributed by atoms with Gasteiger partial charge in [-0.15, -0.1) is 0 Å². The first-order valence-corrected chi connectivity index (χ1v) is 7.23. The van der Waals surface area contributed by atoms with Gasteiger partial charge in [0, 0.05) is 5.92 Å². The number of hydrogen-bond donors (Lipinski definition) is 1. The molecule has 3 heteroatoms. The van der Waals surface area contributed by atoms with Gasteiger partial charge in [-0.2, -0.15) is 0 Å². The van der Waals surface area contributed by atoms with Crippen molar-refractivity contribution in [1.29, 1.82) is 0 Å². The molecule has 19 heavy (non-hydrogen) atoms. The molecular weight excluding hydrogens is 238 g/mol. The van der Waals surface area contributed by atoms with Gasteiger partial charge in [-0.25, -0.2) is 0 Å². The molecular formula is C16H19NO2. The van der Waals surface area contributed by atoms with Crippen LogP contribution in [0, 0.1) is 29.6 Å². The second-order valence-electron chi connectivity index (χ2n) is 6.20. The molecule has 0 aliphatic heterocycles. The Balaban J connectivity index is 1.48. The molecule has 1 aromatic carbocycles. The molecule has 2 bridgehead atoms. The molecule has 0 spiro atoms. The highest BCUT2D eigenvalue weighted by molar-refractivity contribution is 5.96. The minimum Gasteiger partial charge on any atom is -0.495 e. The second-order valence-corrected chi connectivity index (χ2v) is 6.20. The minimum absolute atomic E-state index is 0.205. The molecule has 0 saturated heterocycles. The summed E-state index contributed by atoms with van der Waals surface area (Å²) in [5.74, 6) is 4.27. The summed E-state index contributed by atoms with van der Waals surface area (Å²) in [7, 11) is 1.64. The molecule has 4 atom stereocenters. The molecule has 4 rings (SSSR count). The van der Waals surface area contributed by atoms with E-state index in [1.807, 2.05) is 24.3 Å². The van der Waals surface area contributed by atoms with Crippen LogP contribution in [0.1, 0.15) is 19.3 Å². The van der Waals surface area contributed by atoms with Crippen molar-refractivity contribution < 1.29 is 9.53 Å². The normalized spacial score (nSPS) is 37.8. The van der Waals surface area contributed by atoms with E-state index in [4.69, 9.17) is 4.74 Å². The van der Waals surface area contributed by atoms with Crippen LogP contribution in [0.2, 0.25) is 0 Å². The number of fused-ring (bicyclic) bond motifs is 5. The van der Waals surface area contributed by atoms with Crippen LogP contribution in [-0.4, -0.2) is 13.0 Å². The first-order valence-electron chi connectivity index (χ1n) is 7.23. The summed E-state index contributed by atoms with van der Waals surface area (Å²) in [5.41, 5.74) is 0.798. The maximum absolute atomic E-state index is 12.4. The summed E-state index contributed by atoms with van der Waals surface area (Å²) < 4.78 is 5.28. The van der Waals surface area contributed by atoms with Crippen molar-refractivity contribution in [3.8, 4) is 5.75 Å². The zero-order valence-corrected chi connectivity index (χ0v) is 11.1. The molecule has 100 valence electrons. The van der Waals surface area contributed by atoms with E-state index in [1.165, 1.54) is 19.3 Å². The SMILES string of the molecule is COc1ccccc1NC(=O)C1[C@H]2[C@@H]3CC[C@H](C3)[C@H]12. The van der Waals surface area contributed by atoms with Gasteiger partial charge in [-0.1, -0.05) is 12.1 Å². The average Bonchev–Trinajstić information content (AvgIpc) is 2.88. The van der Waals surface area contributed by atoms with E-state index in [0.29, 0.717) is 11.8 Å². The third kappa shape index (κ3) is 1.60. The summed E-state index contributed by atoms with van der Waals surface area (Å²) in [4.78, 5) is 12.4. The predicted molar refractivity (Wildman–Crippen MR) is 72.9 cm³/mol. The number of amides is 1. The molecule has 3 aliphatic carbocycles. The van der Waals surface area contributed by atoms with Crippen molar-refractivity contribution in [2.45, 2.75) is 19.3 Å². The maximum atomic E-state index is 12.4. The Morgan fingerprint density at radius 3 is 2.58 bits per heavy atom. The average molecular weight is 257 g/mol. The molecule has 3 aliphatic rings. The van der Waals surface area contributed by atoms with Gasteiger partial charge in [-0.3, -0.25) is 4.79 Å². The number of carbonyl (C=O) groups is 1. The topological polar surface area (TPSA) is 38.3 Å². The summed E-state index contributed by atoms with van der Waals surface area (Å²) in [6.07, 6.45) is 4.09. The zero-order valence-electron chi connectivity index (χ0n) is 11.1. The van der Waals surface area contributed by atoms with E-state index in [-0.39, 0.29) is 11.8 Å². The first-order chi connectivity index (χ1) is 9.29. The Kier molecular flexibility index (Phi) is 2.38. The zero-order chi connectivity index (χ0) is 13.0. The van der Waals surface area contributed by atoms with Crippen LogP contribution in [0.15, 0.2) is 24.3 Å². The van der Waals surface area contributed by atoms with E-state index in [1.54, 1.807) is 7.11 Å². The lowest BCUT2D eigenvalue weighted by Gasteiger charge is -2.12. The Hall–Kier alpha value is -1.51. The van der Waals surface area contributed by atoms with Crippen molar-refractivity contribution in [3.05, 3.63) is 24.3 Å². The summed E-state index contributed by atoms with van der Waals surface area (Å²) in [5, 5.41) is 3.06.